The zero-order chi connectivity index (χ0) is 23.0. The molecule has 2 radical (unpaired) electrons. The van der Waals surface area contributed by atoms with Gasteiger partial charge in [0.2, 0.25) is 28.7 Å². The summed E-state index contributed by atoms with van der Waals surface area (Å²) in [6.45, 7) is 0. The summed E-state index contributed by atoms with van der Waals surface area (Å²) in [6.07, 6.45) is 0. The molecule has 0 unspecified atom stereocenters. The molecule has 9 N–H and O–H groups in total. The molecule has 12 nitrogen and oxygen atoms in total. The molecule has 0 fully saturated rings. The van der Waals surface area contributed by atoms with Crippen molar-refractivity contribution in [3.63, 3.8) is 0 Å². The highest BCUT2D eigenvalue weighted by Crippen LogP contribution is 2.65. The van der Waals surface area contributed by atoms with E-state index in [2.05, 4.69) is 0 Å². The second-order valence-corrected chi connectivity index (χ2v) is 7.29. The van der Waals surface area contributed by atoms with Crippen LogP contribution in [0, 0.1) is 0 Å². The van der Waals surface area contributed by atoms with Gasteiger partial charge in [-0.3, -0.25) is 4.57 Å². The molecule has 4 aromatic rings. The van der Waals surface area contributed by atoms with Gasteiger partial charge < -0.3 is 55.3 Å². The highest BCUT2D eigenvalue weighted by molar-refractivity contribution is 6.62. The number of fused-ring (bicyclic) bond motifs is 1. The van der Waals surface area contributed by atoms with Crippen molar-refractivity contribution in [3.8, 4) is 68.9 Å². The van der Waals surface area contributed by atoms with Gasteiger partial charge in [0.15, 0.2) is 23.0 Å². The Hall–Kier alpha value is -4.29. The molecule has 0 saturated heterocycles. The first-order valence-corrected chi connectivity index (χ1v) is 8.90. The van der Waals surface area contributed by atoms with Crippen molar-refractivity contribution >= 4 is 47.7 Å². The molecular formula is C18H9B2NO11. The minimum atomic E-state index is -2.39. The maximum atomic E-state index is 10.8. The van der Waals surface area contributed by atoms with Crippen molar-refractivity contribution in [2.45, 2.75) is 0 Å². The highest BCUT2D eigenvalue weighted by Gasteiger charge is 2.43. The standard InChI is InChI=1S/C18H9B2NO11/c19-3-8(22)1-2-6-16(11(25)4(9(2)23)20(29)30)32-18-7-17(13(27)12(26)14(18)28)31-15(10(3)24)5(1)21(6)7/h22-30H. The van der Waals surface area contributed by atoms with Crippen LogP contribution in [0.3, 0.4) is 0 Å². The van der Waals surface area contributed by atoms with Crippen LogP contribution in [-0.2, 0) is 0 Å². The van der Waals surface area contributed by atoms with Crippen molar-refractivity contribution in [1.29, 1.82) is 0 Å². The lowest BCUT2D eigenvalue weighted by Gasteiger charge is -2.29. The summed E-state index contributed by atoms with van der Waals surface area (Å²) in [5.74, 6) is -8.03. The number of phenolic OH excluding ortho intramolecular Hbond substituents is 7. The Labute approximate surface area is 177 Å². The van der Waals surface area contributed by atoms with Gasteiger partial charge in [0.05, 0.1) is 16.2 Å². The number of hydrogen-bond acceptors (Lipinski definition) is 11. The third-order valence-corrected chi connectivity index (χ3v) is 5.72. The molecule has 3 heterocycles. The summed E-state index contributed by atoms with van der Waals surface area (Å²) in [5.41, 5.74) is -1.82. The molecule has 0 saturated carbocycles. The molecule has 3 aromatic carbocycles. The average Bonchev–Trinajstić information content (AvgIpc) is 3.11. The summed E-state index contributed by atoms with van der Waals surface area (Å²) in [5, 5.41) is 92.5. The topological polar surface area (TPSA) is 205 Å². The van der Waals surface area contributed by atoms with Crippen LogP contribution in [0.2, 0.25) is 0 Å². The van der Waals surface area contributed by atoms with E-state index in [9.17, 15) is 45.8 Å². The Morgan fingerprint density at radius 2 is 1.09 bits per heavy atom. The van der Waals surface area contributed by atoms with E-state index in [0.29, 0.717) is 0 Å². The lowest BCUT2D eigenvalue weighted by atomic mass is 9.77. The van der Waals surface area contributed by atoms with Crippen molar-refractivity contribution in [3.05, 3.63) is 0 Å². The van der Waals surface area contributed by atoms with Crippen molar-refractivity contribution in [2.24, 2.45) is 0 Å². The zero-order valence-corrected chi connectivity index (χ0v) is 15.4. The number of benzene rings is 3. The van der Waals surface area contributed by atoms with Gasteiger partial charge in [-0.1, -0.05) is 0 Å². The van der Waals surface area contributed by atoms with E-state index in [1.165, 1.54) is 4.57 Å². The molecule has 0 bridgehead atoms. The normalized spacial score (nSPS) is 12.9. The molecule has 1 aromatic heterocycles. The van der Waals surface area contributed by atoms with Crippen LogP contribution in [0.15, 0.2) is 0 Å². The number of ether oxygens (including phenoxy) is 2. The van der Waals surface area contributed by atoms with Crippen molar-refractivity contribution < 1.29 is 55.3 Å². The molecule has 6 rings (SSSR count). The van der Waals surface area contributed by atoms with Crippen LogP contribution in [0.4, 0.5) is 0 Å². The predicted molar refractivity (Wildman–Crippen MR) is 108 cm³/mol. The molecule has 32 heavy (non-hydrogen) atoms. The van der Waals surface area contributed by atoms with Crippen LogP contribution in [0.1, 0.15) is 0 Å². The van der Waals surface area contributed by atoms with Crippen molar-refractivity contribution in [1.82, 2.24) is 4.57 Å². The number of hydrogen-bond donors (Lipinski definition) is 9. The molecule has 2 aliphatic heterocycles. The minimum absolute atomic E-state index is 0.119. The van der Waals surface area contributed by atoms with Gasteiger partial charge in [-0.2, -0.15) is 0 Å². The molecule has 2 aliphatic rings. The molecule has 0 atom stereocenters. The van der Waals surface area contributed by atoms with E-state index in [-0.39, 0.29) is 27.5 Å². The molecule has 0 amide bonds. The Morgan fingerprint density at radius 1 is 0.594 bits per heavy atom. The van der Waals surface area contributed by atoms with E-state index < -0.39 is 81.3 Å². The second-order valence-electron chi connectivity index (χ2n) is 7.29. The predicted octanol–water partition coefficient (Wildman–Crippen LogP) is -0.592. The summed E-state index contributed by atoms with van der Waals surface area (Å²) in [7, 11) is 3.39. The van der Waals surface area contributed by atoms with Crippen LogP contribution in [0.5, 0.6) is 63.2 Å². The summed E-state index contributed by atoms with van der Waals surface area (Å²) >= 11 is 0. The van der Waals surface area contributed by atoms with Crippen LogP contribution in [-0.4, -0.2) is 65.3 Å². The summed E-state index contributed by atoms with van der Waals surface area (Å²) < 4.78 is 12.3. The van der Waals surface area contributed by atoms with E-state index >= 15 is 0 Å². The molecule has 0 aliphatic carbocycles. The van der Waals surface area contributed by atoms with Crippen LogP contribution < -0.4 is 20.4 Å². The summed E-state index contributed by atoms with van der Waals surface area (Å²) in [6, 6.07) is 0. The lowest BCUT2D eigenvalue weighted by molar-refractivity contribution is 0.322. The van der Waals surface area contributed by atoms with Gasteiger partial charge in [-0.05, 0) is 5.46 Å². The number of phenols is 7. The maximum Gasteiger partial charge on any atom is 0.496 e. The Balaban J connectivity index is 2.02. The smallest absolute Gasteiger partial charge is 0.496 e. The van der Waals surface area contributed by atoms with Crippen LogP contribution >= 0.6 is 0 Å². The van der Waals surface area contributed by atoms with Crippen molar-refractivity contribution in [2.75, 3.05) is 0 Å². The second kappa shape index (κ2) is 5.30. The zero-order valence-electron chi connectivity index (χ0n) is 15.4. The van der Waals surface area contributed by atoms with Gasteiger partial charge in [-0.15, -0.1) is 0 Å². The Morgan fingerprint density at radius 3 is 1.62 bits per heavy atom. The number of aromatic nitrogens is 1. The molecule has 0 spiro atoms. The van der Waals surface area contributed by atoms with Crippen LogP contribution in [0.25, 0.3) is 27.5 Å². The fourth-order valence-electron chi connectivity index (χ4n) is 4.34. The lowest BCUT2D eigenvalue weighted by Crippen LogP contribution is -2.31. The Kier molecular flexibility index (Phi) is 3.06. The molecular weight excluding hydrogens is 428 g/mol. The maximum absolute atomic E-state index is 10.8. The first-order valence-electron chi connectivity index (χ1n) is 8.90. The summed E-state index contributed by atoms with van der Waals surface area (Å²) in [4.78, 5) is 0. The minimum Gasteiger partial charge on any atom is -0.508 e. The number of nitrogens with zero attached hydrogens (tertiary/aromatic N) is 1. The average molecular weight is 437 g/mol. The SMILES string of the molecule is [B]c1c(O)c2c3c(c1O)c1c(O)c(B(O)O)c(O)c4c1n3-c1c(c(O)c(O)c(O)c1O4)O2. The van der Waals surface area contributed by atoms with Gasteiger partial charge >= 0.3 is 7.12 Å². The van der Waals surface area contributed by atoms with E-state index in [0.717, 1.165) is 0 Å². The third kappa shape index (κ3) is 1.71. The number of aromatic hydroxyl groups is 7. The number of rotatable bonds is 1. The Bertz CT molecular complexity index is 1590. The highest BCUT2D eigenvalue weighted by atomic mass is 16.5. The molecule has 158 valence electrons. The molecule has 14 heteroatoms. The van der Waals surface area contributed by atoms with Gasteiger partial charge in [0.1, 0.15) is 36.1 Å². The fourth-order valence-corrected chi connectivity index (χ4v) is 4.34. The quantitative estimate of drug-likeness (QED) is 0.117. The van der Waals surface area contributed by atoms with Gasteiger partial charge in [0, 0.05) is 0 Å². The largest absolute Gasteiger partial charge is 0.508 e. The van der Waals surface area contributed by atoms with E-state index in [1.807, 2.05) is 0 Å². The van der Waals surface area contributed by atoms with Gasteiger partial charge in [0.25, 0.3) is 0 Å². The van der Waals surface area contributed by atoms with Gasteiger partial charge in [-0.25, -0.2) is 0 Å². The van der Waals surface area contributed by atoms with E-state index in [1.54, 1.807) is 0 Å². The first-order chi connectivity index (χ1) is 15.1. The van der Waals surface area contributed by atoms with E-state index in [4.69, 9.17) is 17.3 Å². The monoisotopic (exact) mass is 437 g/mol. The fraction of sp³-hybridized carbons (Fsp3) is 0. The third-order valence-electron chi connectivity index (χ3n) is 5.72. The first kappa shape index (κ1) is 18.5.